The van der Waals surface area contributed by atoms with Gasteiger partial charge in [0.25, 0.3) is 0 Å². The molecule has 2 aromatic rings. The van der Waals surface area contributed by atoms with Gasteiger partial charge in [-0.1, -0.05) is 55.8 Å². The van der Waals surface area contributed by atoms with Crippen molar-refractivity contribution < 1.29 is 18.0 Å². The topological polar surface area (TPSA) is 86.8 Å². The molecule has 0 saturated heterocycles. The van der Waals surface area contributed by atoms with Crippen LogP contribution >= 0.6 is 11.6 Å². The summed E-state index contributed by atoms with van der Waals surface area (Å²) in [6.07, 6.45) is 2.18. The summed E-state index contributed by atoms with van der Waals surface area (Å²) in [5.41, 5.74) is 2.80. The van der Waals surface area contributed by atoms with Gasteiger partial charge in [0.2, 0.25) is 21.8 Å². The Kier molecular flexibility index (Phi) is 10.2. The molecule has 2 amide bonds. The molecule has 0 aliphatic carbocycles. The average Bonchev–Trinajstić information content (AvgIpc) is 2.79. The van der Waals surface area contributed by atoms with E-state index in [1.807, 2.05) is 46.8 Å². The lowest BCUT2D eigenvalue weighted by molar-refractivity contribution is -0.140. The lowest BCUT2D eigenvalue weighted by Gasteiger charge is -2.34. The normalized spacial score (nSPS) is 13.1. The summed E-state index contributed by atoms with van der Waals surface area (Å²) < 4.78 is 26.7. The van der Waals surface area contributed by atoms with Crippen LogP contribution in [-0.4, -0.2) is 50.0 Å². The van der Waals surface area contributed by atoms with E-state index in [0.717, 1.165) is 28.1 Å². The third kappa shape index (κ3) is 7.45. The van der Waals surface area contributed by atoms with Crippen molar-refractivity contribution in [3.63, 3.8) is 0 Å². The van der Waals surface area contributed by atoms with Gasteiger partial charge in [-0.25, -0.2) is 8.42 Å². The third-order valence-electron chi connectivity index (χ3n) is 6.21. The highest BCUT2D eigenvalue weighted by molar-refractivity contribution is 7.92. The molecule has 0 aliphatic rings. The number of halogens is 1. The zero-order valence-corrected chi connectivity index (χ0v) is 22.9. The molecule has 0 unspecified atom stereocenters. The standard InChI is InChI=1S/C26H36ClN3O4S/c1-7-19(4)28-26(32)23(8-2)29(16-21-13-9-10-14-22(21)27)25(31)17-30(35(6,33)34)24-15-11-12-18(3)20(24)5/h9-15,19,23H,7-8,16-17H2,1-6H3,(H,28,32)/t19-,23-/m1/s1. The minimum Gasteiger partial charge on any atom is -0.352 e. The van der Waals surface area contributed by atoms with Crippen molar-refractivity contribution in [3.05, 3.63) is 64.2 Å². The van der Waals surface area contributed by atoms with E-state index in [1.54, 1.807) is 30.3 Å². The molecule has 7 nitrogen and oxygen atoms in total. The van der Waals surface area contributed by atoms with Crippen LogP contribution in [0.15, 0.2) is 42.5 Å². The molecule has 0 saturated carbocycles. The van der Waals surface area contributed by atoms with Crippen molar-refractivity contribution in [1.29, 1.82) is 0 Å². The molecular formula is C26H36ClN3O4S. The first kappa shape index (κ1) is 28.7. The molecule has 0 radical (unpaired) electrons. The molecule has 2 atom stereocenters. The Morgan fingerprint density at radius 2 is 1.69 bits per heavy atom. The van der Waals surface area contributed by atoms with Crippen LogP contribution < -0.4 is 9.62 Å². The molecule has 0 aromatic heterocycles. The van der Waals surface area contributed by atoms with Gasteiger partial charge in [0.1, 0.15) is 12.6 Å². The summed E-state index contributed by atoms with van der Waals surface area (Å²) in [6.45, 7) is 9.05. The molecule has 2 aromatic carbocycles. The van der Waals surface area contributed by atoms with Crippen molar-refractivity contribution >= 4 is 39.1 Å². The van der Waals surface area contributed by atoms with Gasteiger partial charge >= 0.3 is 0 Å². The van der Waals surface area contributed by atoms with Crippen LogP contribution in [0, 0.1) is 13.8 Å². The highest BCUT2D eigenvalue weighted by Crippen LogP contribution is 2.26. The summed E-state index contributed by atoms with van der Waals surface area (Å²) in [5.74, 6) is -0.762. The van der Waals surface area contributed by atoms with E-state index in [9.17, 15) is 18.0 Å². The van der Waals surface area contributed by atoms with Crippen molar-refractivity contribution in [2.24, 2.45) is 0 Å². The number of anilines is 1. The molecule has 0 spiro atoms. The summed E-state index contributed by atoms with van der Waals surface area (Å²) in [7, 11) is -3.78. The average molecular weight is 522 g/mol. The fourth-order valence-corrected chi connectivity index (χ4v) is 4.87. The number of aryl methyl sites for hydroxylation is 1. The summed E-state index contributed by atoms with van der Waals surface area (Å²) in [6, 6.07) is 11.6. The second-order valence-electron chi connectivity index (χ2n) is 8.84. The minimum absolute atomic E-state index is 0.0590. The number of hydrogen-bond acceptors (Lipinski definition) is 4. The van der Waals surface area contributed by atoms with Gasteiger partial charge in [-0.3, -0.25) is 13.9 Å². The number of hydrogen-bond donors (Lipinski definition) is 1. The Morgan fingerprint density at radius 1 is 1.03 bits per heavy atom. The number of rotatable bonds is 11. The highest BCUT2D eigenvalue weighted by atomic mass is 35.5. The SMILES string of the molecule is CC[C@@H](C)NC(=O)[C@@H](CC)N(Cc1ccccc1Cl)C(=O)CN(c1cccc(C)c1C)S(C)(=O)=O. The van der Waals surface area contributed by atoms with Crippen LogP contribution in [-0.2, 0) is 26.2 Å². The number of amides is 2. The monoisotopic (exact) mass is 521 g/mol. The second-order valence-corrected chi connectivity index (χ2v) is 11.2. The summed E-state index contributed by atoms with van der Waals surface area (Å²) in [4.78, 5) is 28.3. The van der Waals surface area contributed by atoms with Crippen molar-refractivity contribution in [3.8, 4) is 0 Å². The van der Waals surface area contributed by atoms with Crippen molar-refractivity contribution in [2.75, 3.05) is 17.1 Å². The lowest BCUT2D eigenvalue weighted by atomic mass is 10.1. The Hall–Kier alpha value is -2.58. The molecule has 192 valence electrons. The van der Waals surface area contributed by atoms with Gasteiger partial charge in [-0.2, -0.15) is 0 Å². The maximum Gasteiger partial charge on any atom is 0.244 e. The Labute approximate surface area is 214 Å². The maximum absolute atomic E-state index is 13.7. The number of benzene rings is 2. The molecule has 35 heavy (non-hydrogen) atoms. The first-order valence-electron chi connectivity index (χ1n) is 11.8. The molecule has 0 fully saturated rings. The number of nitrogens with zero attached hydrogens (tertiary/aromatic N) is 2. The molecule has 0 aliphatic heterocycles. The lowest BCUT2D eigenvalue weighted by Crippen LogP contribution is -2.53. The largest absolute Gasteiger partial charge is 0.352 e. The first-order valence-corrected chi connectivity index (χ1v) is 14.0. The summed E-state index contributed by atoms with van der Waals surface area (Å²) in [5, 5.41) is 3.42. The van der Waals surface area contributed by atoms with E-state index in [4.69, 9.17) is 11.6 Å². The predicted octanol–water partition coefficient (Wildman–Crippen LogP) is 4.44. The van der Waals surface area contributed by atoms with Crippen molar-refractivity contribution in [2.45, 2.75) is 66.1 Å². The molecule has 0 heterocycles. The van der Waals surface area contributed by atoms with Gasteiger partial charge in [-0.15, -0.1) is 0 Å². The minimum atomic E-state index is -3.78. The molecular weight excluding hydrogens is 486 g/mol. The zero-order valence-electron chi connectivity index (χ0n) is 21.3. The molecule has 2 rings (SSSR count). The van der Waals surface area contributed by atoms with Gasteiger partial charge in [0.05, 0.1) is 11.9 Å². The van der Waals surface area contributed by atoms with Crippen LogP contribution in [0.2, 0.25) is 5.02 Å². The van der Waals surface area contributed by atoms with Crippen LogP contribution in [0.5, 0.6) is 0 Å². The van der Waals surface area contributed by atoms with Gasteiger partial charge < -0.3 is 10.2 Å². The molecule has 1 N–H and O–H groups in total. The fourth-order valence-electron chi connectivity index (χ4n) is 3.77. The maximum atomic E-state index is 13.7. The van der Waals surface area contributed by atoms with Crippen LogP contribution in [0.4, 0.5) is 5.69 Å². The van der Waals surface area contributed by atoms with Crippen LogP contribution in [0.25, 0.3) is 0 Å². The Morgan fingerprint density at radius 3 is 2.26 bits per heavy atom. The van der Waals surface area contributed by atoms with Gasteiger partial charge in [0.15, 0.2) is 0 Å². The fraction of sp³-hybridized carbons (Fsp3) is 0.462. The Balaban J connectivity index is 2.50. The number of sulfonamides is 1. The smallest absolute Gasteiger partial charge is 0.244 e. The van der Waals surface area contributed by atoms with E-state index >= 15 is 0 Å². The number of carbonyl (C=O) groups is 2. The summed E-state index contributed by atoms with van der Waals surface area (Å²) >= 11 is 6.37. The zero-order chi connectivity index (χ0) is 26.3. The predicted molar refractivity (Wildman–Crippen MR) is 142 cm³/mol. The van der Waals surface area contributed by atoms with Crippen molar-refractivity contribution in [1.82, 2.24) is 10.2 Å². The molecule has 0 bridgehead atoms. The molecule has 9 heteroatoms. The van der Waals surface area contributed by atoms with E-state index in [0.29, 0.717) is 22.7 Å². The Bertz CT molecular complexity index is 1150. The van der Waals surface area contributed by atoms with E-state index in [2.05, 4.69) is 5.32 Å². The first-order chi connectivity index (χ1) is 16.4. The third-order valence-corrected chi connectivity index (χ3v) is 7.70. The van der Waals surface area contributed by atoms with E-state index in [1.165, 1.54) is 4.90 Å². The van der Waals surface area contributed by atoms with E-state index < -0.39 is 28.5 Å². The van der Waals surface area contributed by atoms with Gasteiger partial charge in [0, 0.05) is 17.6 Å². The van der Waals surface area contributed by atoms with Crippen LogP contribution in [0.1, 0.15) is 50.3 Å². The quantitative estimate of drug-likeness (QED) is 0.473. The number of nitrogens with one attached hydrogen (secondary N) is 1. The second kappa shape index (κ2) is 12.4. The number of carbonyl (C=O) groups excluding carboxylic acids is 2. The van der Waals surface area contributed by atoms with Crippen LogP contribution in [0.3, 0.4) is 0 Å². The highest BCUT2D eigenvalue weighted by Gasteiger charge is 2.32. The van der Waals surface area contributed by atoms with Gasteiger partial charge in [-0.05, 0) is 62.4 Å². The van der Waals surface area contributed by atoms with E-state index in [-0.39, 0.29) is 18.5 Å².